The SMILES string of the molecule is COCC(OC)c1ccccc1C(CN)C(=O)O. The number of benzene rings is 1. The number of carbonyl (C=O) groups is 1. The molecule has 0 amide bonds. The van der Waals surface area contributed by atoms with Crippen molar-refractivity contribution in [2.75, 3.05) is 27.4 Å². The van der Waals surface area contributed by atoms with Crippen LogP contribution in [-0.2, 0) is 14.3 Å². The first-order chi connectivity index (χ1) is 8.65. The standard InChI is InChI=1S/C13H19NO4/c1-17-8-12(18-2)10-6-4-3-5-9(10)11(7-14)13(15)16/h3-6,11-12H,7-8,14H2,1-2H3,(H,15,16). The number of nitrogens with two attached hydrogens (primary N) is 1. The lowest BCUT2D eigenvalue weighted by Gasteiger charge is -2.21. The average molecular weight is 253 g/mol. The summed E-state index contributed by atoms with van der Waals surface area (Å²) in [6.45, 7) is 0.417. The van der Waals surface area contributed by atoms with Crippen molar-refractivity contribution < 1.29 is 19.4 Å². The number of methoxy groups -OCH3 is 2. The van der Waals surface area contributed by atoms with Gasteiger partial charge in [-0.2, -0.15) is 0 Å². The van der Waals surface area contributed by atoms with Crippen LogP contribution in [0, 0.1) is 0 Å². The number of hydrogen-bond acceptors (Lipinski definition) is 4. The van der Waals surface area contributed by atoms with Gasteiger partial charge in [0.2, 0.25) is 0 Å². The smallest absolute Gasteiger partial charge is 0.312 e. The third-order valence-corrected chi connectivity index (χ3v) is 2.85. The Morgan fingerprint density at radius 2 is 1.94 bits per heavy atom. The van der Waals surface area contributed by atoms with E-state index in [-0.39, 0.29) is 12.6 Å². The second kappa shape index (κ2) is 7.10. The van der Waals surface area contributed by atoms with E-state index in [4.69, 9.17) is 15.2 Å². The minimum Gasteiger partial charge on any atom is -0.481 e. The topological polar surface area (TPSA) is 81.8 Å². The molecule has 5 heteroatoms. The third-order valence-electron chi connectivity index (χ3n) is 2.85. The fraction of sp³-hybridized carbons (Fsp3) is 0.462. The summed E-state index contributed by atoms with van der Waals surface area (Å²) in [6.07, 6.45) is -0.292. The van der Waals surface area contributed by atoms with Crippen LogP contribution in [0.4, 0.5) is 0 Å². The number of rotatable bonds is 7. The molecular weight excluding hydrogens is 234 g/mol. The summed E-state index contributed by atoms with van der Waals surface area (Å²) in [4.78, 5) is 11.2. The van der Waals surface area contributed by atoms with Crippen LogP contribution in [0.15, 0.2) is 24.3 Å². The van der Waals surface area contributed by atoms with Crippen molar-refractivity contribution in [2.45, 2.75) is 12.0 Å². The highest BCUT2D eigenvalue weighted by Crippen LogP contribution is 2.27. The first-order valence-electron chi connectivity index (χ1n) is 5.69. The summed E-state index contributed by atoms with van der Waals surface area (Å²) < 4.78 is 10.4. The molecule has 1 rings (SSSR count). The maximum atomic E-state index is 11.2. The molecule has 0 aliphatic heterocycles. The van der Waals surface area contributed by atoms with E-state index >= 15 is 0 Å². The largest absolute Gasteiger partial charge is 0.481 e. The van der Waals surface area contributed by atoms with Crippen LogP contribution >= 0.6 is 0 Å². The lowest BCUT2D eigenvalue weighted by molar-refractivity contribution is -0.138. The molecule has 1 aromatic carbocycles. The Bertz CT molecular complexity index is 394. The van der Waals surface area contributed by atoms with Crippen LogP contribution in [0.2, 0.25) is 0 Å². The highest BCUT2D eigenvalue weighted by atomic mass is 16.5. The molecule has 2 unspecified atom stereocenters. The Labute approximate surface area is 107 Å². The van der Waals surface area contributed by atoms with Crippen LogP contribution in [0.25, 0.3) is 0 Å². The minimum absolute atomic E-state index is 0.0514. The van der Waals surface area contributed by atoms with Gasteiger partial charge in [0, 0.05) is 20.8 Å². The normalized spacial score (nSPS) is 14.2. The molecular formula is C13H19NO4. The van der Waals surface area contributed by atoms with E-state index in [1.54, 1.807) is 26.4 Å². The molecule has 0 saturated heterocycles. The van der Waals surface area contributed by atoms with E-state index in [1.165, 1.54) is 0 Å². The average Bonchev–Trinajstić information content (AvgIpc) is 2.37. The van der Waals surface area contributed by atoms with Gasteiger partial charge in [0.25, 0.3) is 0 Å². The number of aliphatic carboxylic acids is 1. The Hall–Kier alpha value is -1.43. The third kappa shape index (κ3) is 3.29. The van der Waals surface area contributed by atoms with E-state index in [0.29, 0.717) is 12.2 Å². The van der Waals surface area contributed by atoms with Gasteiger partial charge in [-0.1, -0.05) is 24.3 Å². The van der Waals surface area contributed by atoms with Crippen molar-refractivity contribution in [3.05, 3.63) is 35.4 Å². The van der Waals surface area contributed by atoms with Crippen LogP contribution in [0.3, 0.4) is 0 Å². The van der Waals surface area contributed by atoms with Crippen LogP contribution < -0.4 is 5.73 Å². The van der Waals surface area contributed by atoms with Gasteiger partial charge in [0.1, 0.15) is 6.10 Å². The summed E-state index contributed by atoms with van der Waals surface area (Å²) in [5, 5.41) is 9.18. The van der Waals surface area contributed by atoms with E-state index in [2.05, 4.69) is 0 Å². The number of carboxylic acids is 1. The molecule has 0 aliphatic carbocycles. The summed E-state index contributed by atoms with van der Waals surface area (Å²) in [6, 6.07) is 7.25. The quantitative estimate of drug-likeness (QED) is 0.761. The molecule has 0 aliphatic rings. The molecule has 18 heavy (non-hydrogen) atoms. The molecule has 100 valence electrons. The van der Waals surface area contributed by atoms with E-state index in [0.717, 1.165) is 5.56 Å². The molecule has 0 bridgehead atoms. The summed E-state index contributed by atoms with van der Waals surface area (Å²) in [7, 11) is 3.14. The van der Waals surface area contributed by atoms with Crippen molar-refractivity contribution >= 4 is 5.97 Å². The zero-order chi connectivity index (χ0) is 13.5. The Morgan fingerprint density at radius 3 is 2.39 bits per heavy atom. The van der Waals surface area contributed by atoms with Gasteiger partial charge < -0.3 is 20.3 Å². The van der Waals surface area contributed by atoms with Crippen molar-refractivity contribution in [1.82, 2.24) is 0 Å². The summed E-state index contributed by atoms with van der Waals surface area (Å²) >= 11 is 0. The second-order valence-electron chi connectivity index (χ2n) is 3.94. The Morgan fingerprint density at radius 1 is 1.33 bits per heavy atom. The molecule has 0 spiro atoms. The Balaban J connectivity index is 3.15. The van der Waals surface area contributed by atoms with Gasteiger partial charge in [0.15, 0.2) is 0 Å². The van der Waals surface area contributed by atoms with Gasteiger partial charge >= 0.3 is 5.97 Å². The monoisotopic (exact) mass is 253 g/mol. The lowest BCUT2D eigenvalue weighted by Crippen LogP contribution is -2.24. The fourth-order valence-electron chi connectivity index (χ4n) is 1.92. The van der Waals surface area contributed by atoms with Gasteiger partial charge in [0.05, 0.1) is 12.5 Å². The van der Waals surface area contributed by atoms with Crippen molar-refractivity contribution in [3.63, 3.8) is 0 Å². The van der Waals surface area contributed by atoms with Crippen molar-refractivity contribution in [2.24, 2.45) is 5.73 Å². The lowest BCUT2D eigenvalue weighted by atomic mass is 9.91. The molecule has 3 N–H and O–H groups in total. The van der Waals surface area contributed by atoms with Gasteiger partial charge in [-0.3, -0.25) is 4.79 Å². The van der Waals surface area contributed by atoms with E-state index < -0.39 is 11.9 Å². The molecule has 5 nitrogen and oxygen atoms in total. The van der Waals surface area contributed by atoms with Crippen LogP contribution in [0.1, 0.15) is 23.1 Å². The predicted molar refractivity (Wildman–Crippen MR) is 67.5 cm³/mol. The Kier molecular flexibility index (Phi) is 5.77. The van der Waals surface area contributed by atoms with Gasteiger partial charge in [-0.15, -0.1) is 0 Å². The molecule has 0 fully saturated rings. The number of hydrogen-bond donors (Lipinski definition) is 2. The summed E-state index contributed by atoms with van der Waals surface area (Å²) in [5.74, 6) is -1.66. The maximum Gasteiger partial charge on any atom is 0.312 e. The number of ether oxygens (including phenoxy) is 2. The van der Waals surface area contributed by atoms with Crippen LogP contribution in [-0.4, -0.2) is 38.4 Å². The summed E-state index contributed by atoms with van der Waals surface area (Å²) in [5.41, 5.74) is 7.02. The number of carboxylic acid groups (broad SMARTS) is 1. The van der Waals surface area contributed by atoms with Gasteiger partial charge in [-0.25, -0.2) is 0 Å². The van der Waals surface area contributed by atoms with Crippen molar-refractivity contribution in [1.29, 1.82) is 0 Å². The molecule has 0 saturated carbocycles. The zero-order valence-corrected chi connectivity index (χ0v) is 10.6. The molecule has 0 heterocycles. The first-order valence-corrected chi connectivity index (χ1v) is 5.69. The van der Waals surface area contributed by atoms with E-state index in [1.807, 2.05) is 12.1 Å². The first kappa shape index (κ1) is 14.6. The van der Waals surface area contributed by atoms with Crippen LogP contribution in [0.5, 0.6) is 0 Å². The van der Waals surface area contributed by atoms with Gasteiger partial charge in [-0.05, 0) is 11.1 Å². The maximum absolute atomic E-state index is 11.2. The van der Waals surface area contributed by atoms with Crippen molar-refractivity contribution in [3.8, 4) is 0 Å². The predicted octanol–water partition coefficient (Wildman–Crippen LogP) is 1.15. The molecule has 2 atom stereocenters. The molecule has 0 aromatic heterocycles. The fourth-order valence-corrected chi connectivity index (χ4v) is 1.92. The molecule has 0 radical (unpaired) electrons. The highest BCUT2D eigenvalue weighted by Gasteiger charge is 2.24. The molecule has 1 aromatic rings. The minimum atomic E-state index is -0.933. The zero-order valence-electron chi connectivity index (χ0n) is 10.6. The van der Waals surface area contributed by atoms with E-state index in [9.17, 15) is 9.90 Å². The second-order valence-corrected chi connectivity index (χ2v) is 3.94. The highest BCUT2D eigenvalue weighted by molar-refractivity contribution is 5.77.